The summed E-state index contributed by atoms with van der Waals surface area (Å²) >= 11 is 0. The summed E-state index contributed by atoms with van der Waals surface area (Å²) in [7, 11) is 0. The van der Waals surface area contributed by atoms with Gasteiger partial charge in [-0.3, -0.25) is 0 Å². The van der Waals surface area contributed by atoms with Crippen molar-refractivity contribution in [1.29, 1.82) is 0 Å². The zero-order valence-corrected chi connectivity index (χ0v) is 28.0. The van der Waals surface area contributed by atoms with Gasteiger partial charge in [-0.2, -0.15) is 0 Å². The lowest BCUT2D eigenvalue weighted by Gasteiger charge is -2.41. The highest BCUT2D eigenvalue weighted by atomic mass is 16.5. The van der Waals surface area contributed by atoms with Gasteiger partial charge in [0, 0.05) is 27.8 Å². The van der Waals surface area contributed by atoms with E-state index in [2.05, 4.69) is 120 Å². The first kappa shape index (κ1) is 30.9. The van der Waals surface area contributed by atoms with Crippen LogP contribution in [-0.4, -0.2) is 15.0 Å². The monoisotopic (exact) mass is 666 g/mol. The topological polar surface area (TPSA) is 52.3 Å². The lowest BCUT2D eigenvalue weighted by Crippen LogP contribution is -2.34. The molecule has 5 nitrogen and oxygen atoms in total. The van der Waals surface area contributed by atoms with Crippen LogP contribution >= 0.6 is 0 Å². The Labute approximate surface area is 302 Å². The standard InChI is InChI=1S/C47H30N4O/c1-48-39-28-25-35(26-29-39)45-49-44(34-23-21-33(22-24-34)32-13-5-2-6-14-32)50-46(51-45)36-27-30-41-43(31-36)52-42-20-12-11-19-40(42)47(41,37-15-7-3-8-16-37)38-17-9-4-10-18-38/h2-31H. The number of aromatic nitrogens is 3. The molecule has 52 heavy (non-hydrogen) atoms. The minimum Gasteiger partial charge on any atom is -0.457 e. The summed E-state index contributed by atoms with van der Waals surface area (Å²) in [6, 6.07) is 61.8. The van der Waals surface area contributed by atoms with Gasteiger partial charge in [-0.05, 0) is 34.4 Å². The first-order valence-corrected chi connectivity index (χ1v) is 17.1. The normalized spacial score (nSPS) is 12.5. The van der Waals surface area contributed by atoms with E-state index in [4.69, 9.17) is 26.3 Å². The third-order valence-corrected chi connectivity index (χ3v) is 9.71. The summed E-state index contributed by atoms with van der Waals surface area (Å²) in [5.41, 5.74) is 9.09. The fraction of sp³-hybridized carbons (Fsp3) is 0.0213. The second-order valence-electron chi connectivity index (χ2n) is 12.7. The quantitative estimate of drug-likeness (QED) is 0.166. The van der Waals surface area contributed by atoms with Crippen LogP contribution < -0.4 is 4.74 Å². The molecule has 1 aromatic heterocycles. The number of nitrogens with zero attached hydrogens (tertiary/aromatic N) is 4. The van der Waals surface area contributed by atoms with E-state index in [-0.39, 0.29) is 0 Å². The van der Waals surface area contributed by atoms with Gasteiger partial charge in [0.05, 0.1) is 12.0 Å². The molecule has 9 rings (SSSR count). The lowest BCUT2D eigenvalue weighted by molar-refractivity contribution is 0.434. The van der Waals surface area contributed by atoms with E-state index < -0.39 is 5.41 Å². The molecule has 2 heterocycles. The van der Waals surface area contributed by atoms with Crippen LogP contribution in [0.4, 0.5) is 5.69 Å². The van der Waals surface area contributed by atoms with Crippen molar-refractivity contribution >= 4 is 5.69 Å². The number of hydrogen-bond acceptors (Lipinski definition) is 4. The van der Waals surface area contributed by atoms with Crippen LogP contribution in [0.25, 0.3) is 50.1 Å². The van der Waals surface area contributed by atoms with Crippen LogP contribution in [0.1, 0.15) is 22.3 Å². The molecule has 5 heteroatoms. The van der Waals surface area contributed by atoms with E-state index >= 15 is 0 Å². The van der Waals surface area contributed by atoms with Gasteiger partial charge in [0.25, 0.3) is 0 Å². The van der Waals surface area contributed by atoms with E-state index in [0.717, 1.165) is 61.6 Å². The van der Waals surface area contributed by atoms with Crippen molar-refractivity contribution in [3.8, 4) is 56.8 Å². The molecule has 0 saturated carbocycles. The third-order valence-electron chi connectivity index (χ3n) is 9.71. The SMILES string of the molecule is [C-]#[N+]c1ccc(-c2nc(-c3ccc(-c4ccccc4)cc3)nc(-c3ccc4c(c3)Oc3ccccc3C4(c3ccccc3)c3ccccc3)n2)cc1. The van der Waals surface area contributed by atoms with Crippen molar-refractivity contribution in [3.05, 3.63) is 216 Å². The highest BCUT2D eigenvalue weighted by molar-refractivity contribution is 5.75. The van der Waals surface area contributed by atoms with Crippen LogP contribution in [-0.2, 0) is 5.41 Å². The fourth-order valence-corrected chi connectivity index (χ4v) is 7.24. The Balaban J connectivity index is 1.22. The molecule has 0 spiro atoms. The molecule has 0 fully saturated rings. The maximum Gasteiger partial charge on any atom is 0.187 e. The molecule has 0 amide bonds. The predicted molar refractivity (Wildman–Crippen MR) is 206 cm³/mol. The number of hydrogen-bond donors (Lipinski definition) is 0. The van der Waals surface area contributed by atoms with E-state index in [1.54, 1.807) is 12.1 Å². The van der Waals surface area contributed by atoms with Gasteiger partial charge in [-0.25, -0.2) is 19.8 Å². The van der Waals surface area contributed by atoms with E-state index in [1.165, 1.54) is 0 Å². The Morgan fingerprint density at radius 3 is 1.44 bits per heavy atom. The van der Waals surface area contributed by atoms with Crippen LogP contribution in [0.3, 0.4) is 0 Å². The zero-order valence-electron chi connectivity index (χ0n) is 28.0. The van der Waals surface area contributed by atoms with Crippen molar-refractivity contribution < 1.29 is 4.74 Å². The Hall–Kier alpha value is -7.16. The van der Waals surface area contributed by atoms with E-state index in [1.807, 2.05) is 54.6 Å². The van der Waals surface area contributed by atoms with Crippen LogP contribution in [0.2, 0.25) is 0 Å². The first-order chi connectivity index (χ1) is 25.7. The van der Waals surface area contributed by atoms with E-state index in [0.29, 0.717) is 23.2 Å². The molecule has 0 atom stereocenters. The Kier molecular flexibility index (Phi) is 7.68. The maximum absolute atomic E-state index is 7.42. The van der Waals surface area contributed by atoms with Crippen molar-refractivity contribution in [3.63, 3.8) is 0 Å². The van der Waals surface area contributed by atoms with Gasteiger partial charge in [0.1, 0.15) is 11.5 Å². The summed E-state index contributed by atoms with van der Waals surface area (Å²) in [5.74, 6) is 3.14. The molecule has 0 N–H and O–H groups in total. The number of ether oxygens (including phenoxy) is 1. The van der Waals surface area contributed by atoms with Crippen LogP contribution in [0.5, 0.6) is 11.5 Å². The van der Waals surface area contributed by atoms with Crippen molar-refractivity contribution in [2.24, 2.45) is 0 Å². The second kappa shape index (κ2) is 12.9. The molecular weight excluding hydrogens is 637 g/mol. The summed E-state index contributed by atoms with van der Waals surface area (Å²) in [6.45, 7) is 7.42. The first-order valence-electron chi connectivity index (χ1n) is 17.1. The summed E-state index contributed by atoms with van der Waals surface area (Å²) in [6.07, 6.45) is 0. The summed E-state index contributed by atoms with van der Waals surface area (Å²) < 4.78 is 6.75. The molecule has 0 radical (unpaired) electrons. The molecule has 7 aromatic carbocycles. The molecule has 8 aromatic rings. The minimum atomic E-state index is -0.619. The molecule has 0 unspecified atom stereocenters. The minimum absolute atomic E-state index is 0.524. The largest absolute Gasteiger partial charge is 0.457 e. The van der Waals surface area contributed by atoms with Gasteiger partial charge >= 0.3 is 0 Å². The van der Waals surface area contributed by atoms with Crippen molar-refractivity contribution in [2.75, 3.05) is 0 Å². The van der Waals surface area contributed by atoms with Gasteiger partial charge in [0.2, 0.25) is 0 Å². The average molecular weight is 667 g/mol. The van der Waals surface area contributed by atoms with Crippen LogP contribution in [0, 0.1) is 6.57 Å². The molecule has 1 aliphatic heterocycles. The van der Waals surface area contributed by atoms with Crippen molar-refractivity contribution in [2.45, 2.75) is 5.41 Å². The fourth-order valence-electron chi connectivity index (χ4n) is 7.24. The molecule has 0 saturated heterocycles. The Bertz CT molecular complexity index is 2540. The summed E-state index contributed by atoms with van der Waals surface area (Å²) in [5, 5.41) is 0. The average Bonchev–Trinajstić information content (AvgIpc) is 3.23. The molecular formula is C47H30N4O. The Morgan fingerprint density at radius 1 is 0.404 bits per heavy atom. The Morgan fingerprint density at radius 2 is 0.846 bits per heavy atom. The zero-order chi connectivity index (χ0) is 34.9. The number of benzene rings is 7. The molecule has 0 aliphatic carbocycles. The van der Waals surface area contributed by atoms with Crippen LogP contribution in [0.15, 0.2) is 182 Å². The molecule has 244 valence electrons. The molecule has 1 aliphatic rings. The maximum atomic E-state index is 7.42. The van der Waals surface area contributed by atoms with E-state index in [9.17, 15) is 0 Å². The smallest absolute Gasteiger partial charge is 0.187 e. The second-order valence-corrected chi connectivity index (χ2v) is 12.7. The highest BCUT2D eigenvalue weighted by Crippen LogP contribution is 2.55. The number of fused-ring (bicyclic) bond motifs is 2. The van der Waals surface area contributed by atoms with Gasteiger partial charge in [0.15, 0.2) is 23.2 Å². The van der Waals surface area contributed by atoms with Gasteiger partial charge < -0.3 is 4.74 Å². The number of para-hydroxylation sites is 1. The van der Waals surface area contributed by atoms with Gasteiger partial charge in [-0.1, -0.05) is 170 Å². The third kappa shape index (κ3) is 5.31. The number of rotatable bonds is 6. The summed E-state index contributed by atoms with van der Waals surface area (Å²) in [4.78, 5) is 18.6. The predicted octanol–water partition coefficient (Wildman–Crippen LogP) is 11.6. The van der Waals surface area contributed by atoms with Crippen molar-refractivity contribution in [1.82, 2.24) is 15.0 Å². The molecule has 0 bridgehead atoms. The highest BCUT2D eigenvalue weighted by Gasteiger charge is 2.45. The lowest BCUT2D eigenvalue weighted by atomic mass is 9.63. The van der Waals surface area contributed by atoms with Gasteiger partial charge in [-0.15, -0.1) is 0 Å².